The highest BCUT2D eigenvalue weighted by molar-refractivity contribution is 6.30. The second-order valence-electron chi connectivity index (χ2n) is 2.38. The Bertz CT molecular complexity index is 409. The molecule has 2 rings (SSSR count). The van der Waals surface area contributed by atoms with Crippen molar-refractivity contribution in [2.45, 2.75) is 6.61 Å². The predicted octanol–water partition coefficient (Wildman–Crippen LogP) is 1.01. The fraction of sp³-hybridized carbons (Fsp3) is 0.143. The average Bonchev–Trinajstić information content (AvgIpc) is 2.71. The van der Waals surface area contributed by atoms with Crippen molar-refractivity contribution in [2.75, 3.05) is 0 Å². The van der Waals surface area contributed by atoms with Crippen LogP contribution in [0.25, 0.3) is 6.01 Å². The molecular formula is C7H6ClN3O2. The zero-order chi connectivity index (χ0) is 9.26. The summed E-state index contributed by atoms with van der Waals surface area (Å²) in [5.74, 6) is 0. The van der Waals surface area contributed by atoms with Gasteiger partial charge in [-0.05, 0) is 0 Å². The van der Waals surface area contributed by atoms with Gasteiger partial charge in [-0.3, -0.25) is 0 Å². The van der Waals surface area contributed by atoms with E-state index in [1.807, 2.05) is 0 Å². The maximum atomic E-state index is 8.72. The molecular weight excluding hydrogens is 194 g/mol. The van der Waals surface area contributed by atoms with E-state index < -0.39 is 0 Å². The van der Waals surface area contributed by atoms with Crippen LogP contribution in [0.4, 0.5) is 0 Å². The van der Waals surface area contributed by atoms with Crippen molar-refractivity contribution in [3.8, 4) is 6.01 Å². The zero-order valence-corrected chi connectivity index (χ0v) is 7.27. The summed E-state index contributed by atoms with van der Waals surface area (Å²) in [7, 11) is 0. The van der Waals surface area contributed by atoms with E-state index in [1.165, 1.54) is 17.1 Å². The van der Waals surface area contributed by atoms with Gasteiger partial charge >= 0.3 is 6.01 Å². The summed E-state index contributed by atoms with van der Waals surface area (Å²) in [4.78, 5) is 3.94. The Morgan fingerprint density at radius 2 is 2.46 bits per heavy atom. The summed E-state index contributed by atoms with van der Waals surface area (Å²) < 4.78 is 6.42. The van der Waals surface area contributed by atoms with Gasteiger partial charge in [0, 0.05) is 0 Å². The van der Waals surface area contributed by atoms with Crippen molar-refractivity contribution in [2.24, 2.45) is 0 Å². The smallest absolute Gasteiger partial charge is 0.323 e. The van der Waals surface area contributed by atoms with Gasteiger partial charge in [0.15, 0.2) is 0 Å². The lowest BCUT2D eigenvalue weighted by atomic mass is 10.5. The van der Waals surface area contributed by atoms with E-state index in [0.29, 0.717) is 10.7 Å². The molecule has 6 heteroatoms. The maximum Gasteiger partial charge on any atom is 0.323 e. The molecule has 0 aromatic carbocycles. The second-order valence-corrected chi connectivity index (χ2v) is 2.82. The molecule has 2 heterocycles. The van der Waals surface area contributed by atoms with Crippen LogP contribution in [0.1, 0.15) is 5.69 Å². The Kier molecular flexibility index (Phi) is 2.03. The molecule has 0 aliphatic carbocycles. The minimum Gasteiger partial charge on any atom is -0.430 e. The third-order valence-corrected chi connectivity index (χ3v) is 1.64. The Morgan fingerprint density at radius 3 is 3.00 bits per heavy atom. The molecule has 2 aromatic heterocycles. The van der Waals surface area contributed by atoms with Crippen LogP contribution in [-0.2, 0) is 6.61 Å². The van der Waals surface area contributed by atoms with Crippen LogP contribution in [0, 0.1) is 0 Å². The summed E-state index contributed by atoms with van der Waals surface area (Å²) in [6, 6.07) is 0.288. The first-order valence-electron chi connectivity index (χ1n) is 3.55. The fourth-order valence-corrected chi connectivity index (χ4v) is 1.02. The van der Waals surface area contributed by atoms with E-state index in [0.717, 1.165) is 0 Å². The monoisotopic (exact) mass is 199 g/mol. The van der Waals surface area contributed by atoms with Crippen LogP contribution in [0.3, 0.4) is 0 Å². The lowest BCUT2D eigenvalue weighted by Gasteiger charge is -1.89. The molecule has 2 aromatic rings. The largest absolute Gasteiger partial charge is 0.430 e. The molecule has 0 saturated carbocycles. The van der Waals surface area contributed by atoms with Crippen LogP contribution in [0.15, 0.2) is 23.1 Å². The molecule has 0 unspecified atom stereocenters. The number of oxazole rings is 1. The molecule has 0 saturated heterocycles. The number of halogens is 1. The van der Waals surface area contributed by atoms with Gasteiger partial charge in [0.25, 0.3) is 0 Å². The summed E-state index contributed by atoms with van der Waals surface area (Å²) in [5, 5.41) is 13.1. The number of aliphatic hydroxyl groups excluding tert-OH is 1. The number of nitrogens with zero attached hydrogens (tertiary/aromatic N) is 3. The van der Waals surface area contributed by atoms with Crippen LogP contribution in [0.2, 0.25) is 5.02 Å². The van der Waals surface area contributed by atoms with Crippen LogP contribution < -0.4 is 0 Å². The van der Waals surface area contributed by atoms with Gasteiger partial charge in [-0.2, -0.15) is 14.8 Å². The molecule has 0 atom stereocenters. The number of aliphatic hydroxyl groups is 1. The molecule has 1 N–H and O–H groups in total. The number of aromatic nitrogens is 3. The minimum atomic E-state index is -0.154. The Balaban J connectivity index is 2.35. The number of hydrogen-bond donors (Lipinski definition) is 1. The molecule has 0 aliphatic heterocycles. The van der Waals surface area contributed by atoms with Gasteiger partial charge in [0.1, 0.15) is 12.0 Å². The lowest BCUT2D eigenvalue weighted by Crippen LogP contribution is -1.94. The van der Waals surface area contributed by atoms with Crippen molar-refractivity contribution in [3.63, 3.8) is 0 Å². The Morgan fingerprint density at radius 1 is 1.62 bits per heavy atom. The first kappa shape index (κ1) is 8.28. The van der Waals surface area contributed by atoms with Gasteiger partial charge in [-0.1, -0.05) is 11.6 Å². The summed E-state index contributed by atoms with van der Waals surface area (Å²) >= 11 is 5.65. The number of hydrogen-bond acceptors (Lipinski definition) is 4. The summed E-state index contributed by atoms with van der Waals surface area (Å²) in [6.07, 6.45) is 4.41. The molecule has 68 valence electrons. The first-order valence-corrected chi connectivity index (χ1v) is 3.93. The van der Waals surface area contributed by atoms with Gasteiger partial charge < -0.3 is 9.52 Å². The van der Waals surface area contributed by atoms with Crippen molar-refractivity contribution < 1.29 is 9.52 Å². The van der Waals surface area contributed by atoms with Gasteiger partial charge in [0.05, 0.1) is 24.0 Å². The predicted molar refractivity (Wildman–Crippen MR) is 44.6 cm³/mol. The topological polar surface area (TPSA) is 64.1 Å². The highest BCUT2D eigenvalue weighted by Gasteiger charge is 2.05. The SMILES string of the molecule is OCc1coc(-n2cc(Cl)cn2)n1. The van der Waals surface area contributed by atoms with E-state index in [2.05, 4.69) is 10.1 Å². The third-order valence-electron chi connectivity index (χ3n) is 1.45. The molecule has 13 heavy (non-hydrogen) atoms. The molecule has 0 amide bonds. The Hall–Kier alpha value is -1.33. The standard InChI is InChI=1S/C7H6ClN3O2/c8-5-1-9-11(2-5)7-10-6(3-12)4-13-7/h1-2,4,12H,3H2. The Labute approximate surface area is 78.6 Å². The third kappa shape index (κ3) is 1.56. The van der Waals surface area contributed by atoms with E-state index in [1.54, 1.807) is 6.20 Å². The zero-order valence-electron chi connectivity index (χ0n) is 6.51. The summed E-state index contributed by atoms with van der Waals surface area (Å²) in [6.45, 7) is -0.154. The van der Waals surface area contributed by atoms with Gasteiger partial charge in [-0.25, -0.2) is 0 Å². The van der Waals surface area contributed by atoms with Crippen molar-refractivity contribution in [3.05, 3.63) is 29.4 Å². The van der Waals surface area contributed by atoms with Crippen molar-refractivity contribution >= 4 is 11.6 Å². The van der Waals surface area contributed by atoms with Crippen LogP contribution >= 0.6 is 11.6 Å². The van der Waals surface area contributed by atoms with Crippen molar-refractivity contribution in [1.82, 2.24) is 14.8 Å². The van der Waals surface area contributed by atoms with Gasteiger partial charge in [0.2, 0.25) is 0 Å². The molecule has 0 radical (unpaired) electrons. The lowest BCUT2D eigenvalue weighted by molar-refractivity contribution is 0.276. The summed E-state index contributed by atoms with van der Waals surface area (Å²) in [5.41, 5.74) is 0.460. The van der Waals surface area contributed by atoms with Crippen LogP contribution in [-0.4, -0.2) is 19.9 Å². The first-order chi connectivity index (χ1) is 6.29. The van der Waals surface area contributed by atoms with Crippen molar-refractivity contribution in [1.29, 1.82) is 0 Å². The van der Waals surface area contributed by atoms with E-state index in [-0.39, 0.29) is 12.6 Å². The molecule has 0 bridgehead atoms. The minimum absolute atomic E-state index is 0.154. The van der Waals surface area contributed by atoms with E-state index in [9.17, 15) is 0 Å². The molecule has 0 spiro atoms. The average molecular weight is 200 g/mol. The van der Waals surface area contributed by atoms with Crippen LogP contribution in [0.5, 0.6) is 0 Å². The number of rotatable bonds is 2. The molecule has 5 nitrogen and oxygen atoms in total. The fourth-order valence-electron chi connectivity index (χ4n) is 0.880. The quantitative estimate of drug-likeness (QED) is 0.784. The molecule has 0 aliphatic rings. The highest BCUT2D eigenvalue weighted by atomic mass is 35.5. The second kappa shape index (κ2) is 3.20. The van der Waals surface area contributed by atoms with Gasteiger partial charge in [-0.15, -0.1) is 0 Å². The van der Waals surface area contributed by atoms with E-state index in [4.69, 9.17) is 21.1 Å². The normalized spacial score (nSPS) is 10.6. The highest BCUT2D eigenvalue weighted by Crippen LogP contribution is 2.11. The molecule has 0 fully saturated rings. The maximum absolute atomic E-state index is 8.72. The van der Waals surface area contributed by atoms with E-state index >= 15 is 0 Å².